The third kappa shape index (κ3) is 24.1. The molecule has 1 aliphatic carbocycles. The number of piperidine rings is 1. The van der Waals surface area contributed by atoms with Gasteiger partial charge in [-0.15, -0.1) is 0 Å². The first-order valence-corrected chi connectivity index (χ1v) is 47.4. The Kier molecular flexibility index (Phi) is 33.3. The number of hydrogen-bond acceptors (Lipinski definition) is 31. The van der Waals surface area contributed by atoms with Gasteiger partial charge in [0.15, 0.2) is 22.1 Å². The summed E-state index contributed by atoms with van der Waals surface area (Å²) in [6.07, 6.45) is 21.1. The SMILES string of the molecule is CO[C@H]1C[C@@H]2CC[C@@H](C)[C@@](O)(O2)C(=O)C(=O)N2CCCC[C@H]2C(=O)O[C@H]([C@H](C)C[C@@H]2CC[C@@H](OC(=S)CCc3cnc(N4CCN(C(=O)CCOCCN5CCN(c6ncc(C(=O)N7CCc8cc(Cn9nc(-c%10ccc%11oc(N)nc%11c%10)c%10c(N)ncnc%109)ccc8C7)cn6)CC5)CC4)nc3)[C@H](OC)C2)CC(=O)[C@H](C)/C=C(\C)[C@@H](O)[C@@H](OC)C(=O)[C@H](C)C[C@H](C)/C=C/C=C/C=C/1C. The zero-order valence-corrected chi connectivity index (χ0v) is 78.9. The lowest BCUT2D eigenvalue weighted by atomic mass is 9.78. The van der Waals surface area contributed by atoms with E-state index in [0.717, 1.165) is 53.0 Å². The van der Waals surface area contributed by atoms with E-state index < -0.39 is 83.7 Å². The number of nitrogen functional groups attached to an aromatic ring is 2. The molecule has 6 N–H and O–H groups in total. The summed E-state index contributed by atoms with van der Waals surface area (Å²) in [4.78, 5) is 143. The largest absolute Gasteiger partial charge is 0.481 e. The van der Waals surface area contributed by atoms with E-state index in [9.17, 15) is 43.8 Å². The van der Waals surface area contributed by atoms with E-state index in [0.29, 0.717) is 211 Å². The smallest absolute Gasteiger partial charge is 0.329 e. The first kappa shape index (κ1) is 98.2. The highest BCUT2D eigenvalue weighted by Crippen LogP contribution is 2.41. The fraction of sp³-hybridized carbons (Fsp3) is 0.571. The number of aliphatic hydroxyl groups is 2. The average Bonchev–Trinajstić information content (AvgIpc) is 1.71. The van der Waals surface area contributed by atoms with E-state index in [-0.39, 0.29) is 85.7 Å². The second-order valence-corrected chi connectivity index (χ2v) is 37.5. The van der Waals surface area contributed by atoms with Crippen molar-refractivity contribution < 1.29 is 81.4 Å². The van der Waals surface area contributed by atoms with Crippen LogP contribution >= 0.6 is 12.2 Å². The molecule has 5 aromatic heterocycles. The number of esters is 1. The van der Waals surface area contributed by atoms with Crippen molar-refractivity contribution in [1.29, 1.82) is 0 Å². The number of carbonyl (C=O) groups is 7. The van der Waals surface area contributed by atoms with Crippen LogP contribution < -0.4 is 21.3 Å². The molecule has 4 saturated heterocycles. The third-order valence-electron chi connectivity index (χ3n) is 27.7. The number of carbonyl (C=O) groups excluding carboxylic acids is 7. The highest BCUT2D eigenvalue weighted by Gasteiger charge is 2.53. The normalized spacial score (nSPS) is 27.8. The van der Waals surface area contributed by atoms with Crippen molar-refractivity contribution in [3.63, 3.8) is 0 Å². The Morgan fingerprint density at radius 3 is 2.21 bits per heavy atom. The number of rotatable bonds is 22. The van der Waals surface area contributed by atoms with E-state index in [1.54, 1.807) is 71.9 Å². The lowest BCUT2D eigenvalue weighted by Crippen LogP contribution is -2.61. The molecule has 34 nitrogen and oxygen atoms in total. The van der Waals surface area contributed by atoms with E-state index in [1.165, 1.54) is 18.3 Å². The maximum Gasteiger partial charge on any atom is 0.329 e. The minimum absolute atomic E-state index is 0.0153. The van der Waals surface area contributed by atoms with Gasteiger partial charge in [-0.3, -0.25) is 33.7 Å². The number of thiocarbonyl (C=S) groups is 1. The lowest BCUT2D eigenvalue weighted by molar-refractivity contribution is -0.265. The number of ether oxygens (including phenoxy) is 7. The monoisotopic (exact) mass is 1850 g/mol. The molecule has 2 aromatic carbocycles. The molecule has 6 aliphatic heterocycles. The van der Waals surface area contributed by atoms with Gasteiger partial charge in [-0.2, -0.15) is 10.1 Å². The Bertz CT molecular complexity index is 5400. The first-order valence-electron chi connectivity index (χ1n) is 47.0. The van der Waals surface area contributed by atoms with Gasteiger partial charge in [0.2, 0.25) is 23.6 Å². The molecular weight excluding hydrogens is 1720 g/mol. The molecule has 5 fully saturated rings. The Labute approximate surface area is 782 Å². The second-order valence-electron chi connectivity index (χ2n) is 37.1. The molecule has 7 aliphatic rings. The van der Waals surface area contributed by atoms with Crippen molar-refractivity contribution in [3.8, 4) is 11.3 Å². The number of oxazole rings is 1. The van der Waals surface area contributed by atoms with Crippen LogP contribution in [0.4, 0.5) is 23.7 Å². The molecule has 0 unspecified atom stereocenters. The number of anilines is 4. The molecule has 714 valence electrons. The summed E-state index contributed by atoms with van der Waals surface area (Å²) in [5.74, 6) is -7.05. The molecule has 0 radical (unpaired) electrons. The zero-order chi connectivity index (χ0) is 94.3. The maximum atomic E-state index is 14.9. The predicted octanol–water partition coefficient (Wildman–Crippen LogP) is 9.98. The third-order valence-corrected chi connectivity index (χ3v) is 28.0. The molecule has 35 heteroatoms. The summed E-state index contributed by atoms with van der Waals surface area (Å²) in [7, 11) is 4.60. The summed E-state index contributed by atoms with van der Waals surface area (Å²) in [5.41, 5.74) is 21.2. The number of methoxy groups -OCH3 is 3. The summed E-state index contributed by atoms with van der Waals surface area (Å²) in [6.45, 7) is 20.9. The number of aryl methyl sites for hydroxylation is 1. The van der Waals surface area contributed by atoms with Crippen LogP contribution in [0.3, 0.4) is 0 Å². The average molecular weight is 1850 g/mol. The topological polar surface area (TPSA) is 417 Å². The van der Waals surface area contributed by atoms with E-state index in [2.05, 4.69) is 57.8 Å². The van der Waals surface area contributed by atoms with Crippen molar-refractivity contribution >= 4 is 104 Å². The highest BCUT2D eigenvalue weighted by atomic mass is 32.1. The molecule has 14 rings (SSSR count). The number of nitrogens with zero attached hydrogens (tertiary/aromatic N) is 15. The van der Waals surface area contributed by atoms with Crippen molar-refractivity contribution in [1.82, 2.24) is 64.3 Å². The fourth-order valence-electron chi connectivity index (χ4n) is 19.6. The molecule has 133 heavy (non-hydrogen) atoms. The van der Waals surface area contributed by atoms with Crippen LogP contribution in [0.15, 0.2) is 120 Å². The van der Waals surface area contributed by atoms with Crippen LogP contribution in [0.2, 0.25) is 0 Å². The number of ketones is 3. The number of allylic oxidation sites excluding steroid dienone is 6. The van der Waals surface area contributed by atoms with Gasteiger partial charge >= 0.3 is 5.97 Å². The summed E-state index contributed by atoms with van der Waals surface area (Å²) >= 11 is 5.86. The minimum atomic E-state index is -2.48. The number of Topliss-reactive ketones (excluding diaryl/α,β-unsaturated/α-hetero) is 3. The zero-order valence-electron chi connectivity index (χ0n) is 78.1. The van der Waals surface area contributed by atoms with Crippen LogP contribution in [0.5, 0.6) is 0 Å². The molecule has 0 spiro atoms. The van der Waals surface area contributed by atoms with Gasteiger partial charge in [-0.05, 0) is 172 Å². The summed E-state index contributed by atoms with van der Waals surface area (Å²) < 4.78 is 50.2. The van der Waals surface area contributed by atoms with Gasteiger partial charge < -0.3 is 83.8 Å². The first-order chi connectivity index (χ1) is 64.0. The standard InChI is InChI=1S/C98H129N17O17S/c1-59-16-12-11-13-17-60(2)79(125-8)50-73-25-19-65(7)98(124,132-73)89(120)93(122)114-31-15-14-18-75(114)94(123)130-80(51-76(116)61(3)45-64(6)87(119)88(127-10)86(118)63(5)44-59)62(4)46-66-21-26-78(81(48-66)126-9)129-83(133)28-22-68-52-101-96(102-53-68)112-39-37-110(38-40-112)82(117)30-42-128-43-41-109-33-35-111(36-34-109)97-103-54-72(55-104-97)92(121)113-32-29-69-47-67(20-23-71(69)57-113)56-115-91-84(90(99)105-58-106-91)85(108-115)70-24-27-77-74(49-70)107-95(100)131-77/h11-13,16-17,20,23-24,27,45,47,49,52-55,58-59,61-63,65-66,73,75,78-81,87-88,119,124H,14-15,18-19,21-22,25-26,28-44,46,48,50-51,56-57H2,1-10H3,(H2,100,107)(H2,99,105,106)/b13-11+,16-12+,60-17+,64-45+/t59-,61-,62-,63-,65-,66+,73+,75+,78-,79+,80+,81-,87-,88+,98-/m1/s1. The molecule has 1 saturated carbocycles. The van der Waals surface area contributed by atoms with E-state index in [4.69, 9.17) is 76.3 Å². The molecule has 15 atom stereocenters. The second kappa shape index (κ2) is 45.1. The fourth-order valence-corrected chi connectivity index (χ4v) is 19.8. The number of fused-ring (bicyclic) bond motifs is 6. The molecule has 2 bridgehead atoms. The number of amides is 3. The van der Waals surface area contributed by atoms with Crippen LogP contribution in [-0.2, 0) is 87.9 Å². The van der Waals surface area contributed by atoms with Crippen LogP contribution in [0, 0.1) is 35.5 Å². The van der Waals surface area contributed by atoms with Gasteiger partial charge in [0, 0.05) is 167 Å². The van der Waals surface area contributed by atoms with Crippen molar-refractivity contribution in [2.45, 2.75) is 219 Å². The summed E-state index contributed by atoms with van der Waals surface area (Å²) in [6, 6.07) is 10.7. The van der Waals surface area contributed by atoms with Gasteiger partial charge in [0.05, 0.1) is 55.4 Å². The van der Waals surface area contributed by atoms with Gasteiger partial charge in [-0.25, -0.2) is 39.4 Å². The van der Waals surface area contributed by atoms with Crippen LogP contribution in [-0.4, -0.2) is 282 Å². The Hall–Kier alpha value is -10.8. The van der Waals surface area contributed by atoms with Crippen molar-refractivity contribution in [2.24, 2.45) is 35.5 Å². The lowest BCUT2D eigenvalue weighted by Gasteiger charge is -2.42. The molecule has 7 aromatic rings. The number of aromatic nitrogens is 9. The minimum Gasteiger partial charge on any atom is -0.481 e. The molecular formula is C98H129N17O17S. The van der Waals surface area contributed by atoms with Crippen molar-refractivity contribution in [3.05, 3.63) is 143 Å². The van der Waals surface area contributed by atoms with Gasteiger partial charge in [-0.1, -0.05) is 89.3 Å². The Balaban J connectivity index is 0.499. The summed E-state index contributed by atoms with van der Waals surface area (Å²) in [5, 5.41) is 29.9. The number of hydrogen-bond donors (Lipinski definition) is 4. The van der Waals surface area contributed by atoms with Gasteiger partial charge in [0.25, 0.3) is 23.6 Å². The number of cyclic esters (lactones) is 1. The van der Waals surface area contributed by atoms with E-state index >= 15 is 0 Å². The molecule has 11 heterocycles. The van der Waals surface area contributed by atoms with Crippen LogP contribution in [0.1, 0.15) is 171 Å². The van der Waals surface area contributed by atoms with Gasteiger partial charge in [0.1, 0.15) is 59.6 Å². The number of nitrogens with two attached hydrogens (primary N) is 2. The Morgan fingerprint density at radius 2 is 1.47 bits per heavy atom. The highest BCUT2D eigenvalue weighted by molar-refractivity contribution is 7.80. The number of aliphatic hydroxyl groups excluding tert-OH is 1. The number of piperazine rings is 2. The molecule has 3 amide bonds. The predicted molar refractivity (Wildman–Crippen MR) is 503 cm³/mol. The van der Waals surface area contributed by atoms with Crippen molar-refractivity contribution in [2.75, 3.05) is 128 Å². The maximum absolute atomic E-state index is 14.9. The Morgan fingerprint density at radius 1 is 0.729 bits per heavy atom. The number of benzene rings is 2. The quantitative estimate of drug-likeness (QED) is 0.0161. The van der Waals surface area contributed by atoms with Crippen LogP contribution in [0.25, 0.3) is 33.4 Å². The van der Waals surface area contributed by atoms with E-state index in [1.807, 2.05) is 84.7 Å².